The van der Waals surface area contributed by atoms with Crippen molar-refractivity contribution in [1.29, 1.82) is 0 Å². The predicted molar refractivity (Wildman–Crippen MR) is 65.6 cm³/mol. The van der Waals surface area contributed by atoms with Crippen LogP contribution >= 0.6 is 0 Å². The van der Waals surface area contributed by atoms with Gasteiger partial charge in [0.15, 0.2) is 0 Å². The Morgan fingerprint density at radius 1 is 1.41 bits per heavy atom. The molecule has 0 bridgehead atoms. The smallest absolute Gasteiger partial charge is 0.407 e. The van der Waals surface area contributed by atoms with E-state index in [2.05, 4.69) is 4.98 Å². The molecule has 88 valence electrons. The molecule has 0 saturated heterocycles. The normalized spacial score (nSPS) is 10.4. The molecule has 1 heterocycles. The maximum absolute atomic E-state index is 10.7. The van der Waals surface area contributed by atoms with Crippen LogP contribution in [0.2, 0.25) is 0 Å². The molecule has 2 rings (SSSR count). The van der Waals surface area contributed by atoms with Crippen molar-refractivity contribution in [2.24, 2.45) is 0 Å². The number of nitrogen functional groups attached to an aromatic ring is 1. The van der Waals surface area contributed by atoms with Gasteiger partial charge in [0.1, 0.15) is 0 Å². The van der Waals surface area contributed by atoms with Crippen LogP contribution in [-0.2, 0) is 6.54 Å². The molecule has 0 aliphatic carbocycles. The van der Waals surface area contributed by atoms with Crippen molar-refractivity contribution < 1.29 is 9.90 Å². The second-order valence-electron chi connectivity index (χ2n) is 3.89. The number of aromatic nitrogens is 1. The van der Waals surface area contributed by atoms with Crippen LogP contribution in [0.15, 0.2) is 30.3 Å². The Balaban J connectivity index is 2.32. The van der Waals surface area contributed by atoms with E-state index in [-0.39, 0.29) is 6.54 Å². The zero-order valence-corrected chi connectivity index (χ0v) is 9.42. The third kappa shape index (κ3) is 2.44. The third-order valence-corrected chi connectivity index (χ3v) is 2.50. The minimum Gasteiger partial charge on any atom is -0.465 e. The summed E-state index contributed by atoms with van der Waals surface area (Å²) in [5.41, 5.74) is 7.89. The maximum Gasteiger partial charge on any atom is 0.407 e. The van der Waals surface area contributed by atoms with Gasteiger partial charge in [-0.05, 0) is 24.3 Å². The molecule has 0 atom stereocenters. The summed E-state index contributed by atoms with van der Waals surface area (Å²) in [6, 6.07) is 9.15. The molecule has 0 saturated carbocycles. The van der Waals surface area contributed by atoms with Gasteiger partial charge >= 0.3 is 6.09 Å². The Morgan fingerprint density at radius 2 is 2.18 bits per heavy atom. The first-order chi connectivity index (χ1) is 8.06. The summed E-state index contributed by atoms with van der Waals surface area (Å²) >= 11 is 0. The second-order valence-corrected chi connectivity index (χ2v) is 3.89. The maximum atomic E-state index is 10.7. The number of benzene rings is 1. The fourth-order valence-corrected chi connectivity index (χ4v) is 1.58. The highest BCUT2D eigenvalue weighted by atomic mass is 16.4. The van der Waals surface area contributed by atoms with Crippen LogP contribution < -0.4 is 5.73 Å². The highest BCUT2D eigenvalue weighted by Crippen LogP contribution is 2.16. The van der Waals surface area contributed by atoms with Crippen LogP contribution in [0.1, 0.15) is 5.69 Å². The number of nitrogens with two attached hydrogens (primary N) is 1. The summed E-state index contributed by atoms with van der Waals surface area (Å²) in [7, 11) is 1.51. The standard InChI is InChI=1S/C12H13N3O2/c1-15(12(16)17)7-10-4-2-8-6-9(13)3-5-11(8)14-10/h2-6H,7,13H2,1H3,(H,16,17). The van der Waals surface area contributed by atoms with Crippen LogP contribution in [0.3, 0.4) is 0 Å². The van der Waals surface area contributed by atoms with Gasteiger partial charge in [-0.2, -0.15) is 0 Å². The van der Waals surface area contributed by atoms with E-state index < -0.39 is 6.09 Å². The van der Waals surface area contributed by atoms with E-state index in [0.29, 0.717) is 11.4 Å². The Hall–Kier alpha value is -2.30. The molecule has 0 unspecified atom stereocenters. The zero-order chi connectivity index (χ0) is 12.4. The fraction of sp³-hybridized carbons (Fsp3) is 0.167. The van der Waals surface area contributed by atoms with E-state index in [1.807, 2.05) is 18.2 Å². The summed E-state index contributed by atoms with van der Waals surface area (Å²) in [6.45, 7) is 0.273. The molecule has 2 aromatic rings. The van der Waals surface area contributed by atoms with E-state index in [0.717, 1.165) is 10.9 Å². The Bertz CT molecular complexity index is 569. The number of hydrogen-bond donors (Lipinski definition) is 2. The summed E-state index contributed by atoms with van der Waals surface area (Å²) in [5.74, 6) is 0. The van der Waals surface area contributed by atoms with E-state index in [1.165, 1.54) is 11.9 Å². The average molecular weight is 231 g/mol. The third-order valence-electron chi connectivity index (χ3n) is 2.50. The summed E-state index contributed by atoms with van der Waals surface area (Å²) < 4.78 is 0. The van der Waals surface area contributed by atoms with Gasteiger partial charge in [0.25, 0.3) is 0 Å². The predicted octanol–water partition coefficient (Wildman–Crippen LogP) is 1.93. The van der Waals surface area contributed by atoms with Gasteiger partial charge in [0, 0.05) is 18.1 Å². The second kappa shape index (κ2) is 4.29. The topological polar surface area (TPSA) is 79.5 Å². The molecule has 1 aromatic carbocycles. The lowest BCUT2D eigenvalue weighted by Crippen LogP contribution is -2.24. The van der Waals surface area contributed by atoms with Crippen LogP contribution in [0.25, 0.3) is 10.9 Å². The molecule has 1 aromatic heterocycles. The van der Waals surface area contributed by atoms with Crippen molar-refractivity contribution >= 4 is 22.7 Å². The number of anilines is 1. The highest BCUT2D eigenvalue weighted by Gasteiger charge is 2.07. The number of nitrogens with zero attached hydrogens (tertiary/aromatic N) is 2. The molecule has 5 nitrogen and oxygen atoms in total. The van der Waals surface area contributed by atoms with Crippen LogP contribution in [0.4, 0.5) is 10.5 Å². The number of carbonyl (C=O) groups is 1. The van der Waals surface area contributed by atoms with Crippen molar-refractivity contribution in [2.45, 2.75) is 6.54 Å². The molecule has 0 aliphatic heterocycles. The molecular weight excluding hydrogens is 218 g/mol. The number of fused-ring (bicyclic) bond motifs is 1. The molecule has 1 amide bonds. The van der Waals surface area contributed by atoms with Gasteiger partial charge < -0.3 is 15.7 Å². The molecule has 0 aliphatic rings. The highest BCUT2D eigenvalue weighted by molar-refractivity contribution is 5.82. The average Bonchev–Trinajstić information content (AvgIpc) is 2.29. The number of pyridine rings is 1. The number of rotatable bonds is 2. The first-order valence-corrected chi connectivity index (χ1v) is 5.15. The molecule has 17 heavy (non-hydrogen) atoms. The molecule has 0 radical (unpaired) electrons. The monoisotopic (exact) mass is 231 g/mol. The lowest BCUT2D eigenvalue weighted by molar-refractivity contribution is 0.153. The number of carboxylic acid groups (broad SMARTS) is 1. The van der Waals surface area contributed by atoms with E-state index in [4.69, 9.17) is 10.8 Å². The first kappa shape index (κ1) is 11.2. The summed E-state index contributed by atoms with van der Waals surface area (Å²) in [6.07, 6.45) is -0.968. The lowest BCUT2D eigenvalue weighted by Gasteiger charge is -2.12. The number of hydrogen-bond acceptors (Lipinski definition) is 3. The van der Waals surface area contributed by atoms with Crippen molar-refractivity contribution in [3.8, 4) is 0 Å². The Kier molecular flexibility index (Phi) is 2.82. The van der Waals surface area contributed by atoms with Crippen LogP contribution in [0.5, 0.6) is 0 Å². The molecule has 3 N–H and O–H groups in total. The minimum absolute atomic E-state index is 0.273. The largest absolute Gasteiger partial charge is 0.465 e. The van der Waals surface area contributed by atoms with E-state index in [1.54, 1.807) is 12.1 Å². The molecule has 0 spiro atoms. The van der Waals surface area contributed by atoms with Gasteiger partial charge in [-0.15, -0.1) is 0 Å². The van der Waals surface area contributed by atoms with Crippen LogP contribution in [0, 0.1) is 0 Å². The van der Waals surface area contributed by atoms with Gasteiger partial charge in [0.2, 0.25) is 0 Å². The Morgan fingerprint density at radius 3 is 2.88 bits per heavy atom. The van der Waals surface area contributed by atoms with Gasteiger partial charge in [-0.25, -0.2) is 4.79 Å². The van der Waals surface area contributed by atoms with Crippen molar-refractivity contribution in [1.82, 2.24) is 9.88 Å². The fourth-order valence-electron chi connectivity index (χ4n) is 1.58. The number of amides is 1. The van der Waals surface area contributed by atoms with Gasteiger partial charge in [0.05, 0.1) is 17.8 Å². The Labute approximate surface area is 98.5 Å². The first-order valence-electron chi connectivity index (χ1n) is 5.15. The van der Waals surface area contributed by atoms with Crippen LogP contribution in [-0.4, -0.2) is 28.1 Å². The summed E-state index contributed by atoms with van der Waals surface area (Å²) in [5, 5.41) is 9.73. The van der Waals surface area contributed by atoms with Crippen molar-refractivity contribution in [2.75, 3.05) is 12.8 Å². The van der Waals surface area contributed by atoms with Crippen molar-refractivity contribution in [3.05, 3.63) is 36.0 Å². The summed E-state index contributed by atoms with van der Waals surface area (Å²) in [4.78, 5) is 16.3. The van der Waals surface area contributed by atoms with Gasteiger partial charge in [-0.3, -0.25) is 4.98 Å². The SMILES string of the molecule is CN(Cc1ccc2cc(N)ccc2n1)C(=O)O. The van der Waals surface area contributed by atoms with Crippen molar-refractivity contribution in [3.63, 3.8) is 0 Å². The lowest BCUT2D eigenvalue weighted by atomic mass is 10.2. The van der Waals surface area contributed by atoms with E-state index >= 15 is 0 Å². The molecular formula is C12H13N3O2. The molecule has 0 fully saturated rings. The quantitative estimate of drug-likeness (QED) is 0.774. The van der Waals surface area contributed by atoms with Gasteiger partial charge in [-0.1, -0.05) is 6.07 Å². The van der Waals surface area contributed by atoms with E-state index in [9.17, 15) is 4.79 Å². The molecule has 5 heteroatoms. The minimum atomic E-state index is -0.968. The zero-order valence-electron chi connectivity index (χ0n) is 9.42.